The van der Waals surface area contributed by atoms with Crippen LogP contribution in [0.4, 0.5) is 5.69 Å². The largest absolute Gasteiger partial charge is 0.371 e. The van der Waals surface area contributed by atoms with Crippen molar-refractivity contribution < 1.29 is 0 Å². The third-order valence-electron chi connectivity index (χ3n) is 3.08. The van der Waals surface area contributed by atoms with Crippen molar-refractivity contribution in [3.8, 4) is 0 Å². The molecular weight excluding hydrogens is 176 g/mol. The smallest absolute Gasteiger partial charge is 0.255 e. The summed E-state index contributed by atoms with van der Waals surface area (Å²) < 4.78 is 1.71. The molecule has 2 heterocycles. The molecule has 1 fully saturated rings. The number of rotatable bonds is 1. The topological polar surface area (TPSA) is 25.2 Å². The summed E-state index contributed by atoms with van der Waals surface area (Å²) in [5, 5.41) is 0. The minimum atomic E-state index is 0.131. The van der Waals surface area contributed by atoms with Crippen LogP contribution in [0, 0.1) is 13.8 Å². The molecule has 3 heteroatoms. The molecule has 0 saturated carbocycles. The van der Waals surface area contributed by atoms with E-state index < -0.39 is 0 Å². The molecule has 3 nitrogen and oxygen atoms in total. The molecule has 1 saturated heterocycles. The van der Waals surface area contributed by atoms with Gasteiger partial charge in [0, 0.05) is 37.1 Å². The third kappa shape index (κ3) is 1.24. The maximum Gasteiger partial charge on any atom is 0.255 e. The van der Waals surface area contributed by atoms with Crippen molar-refractivity contribution in [2.24, 2.45) is 7.05 Å². The first kappa shape index (κ1) is 9.31. The van der Waals surface area contributed by atoms with E-state index in [1.807, 2.05) is 20.9 Å². The molecule has 0 radical (unpaired) electrons. The highest BCUT2D eigenvalue weighted by molar-refractivity contribution is 5.54. The van der Waals surface area contributed by atoms with Crippen molar-refractivity contribution in [2.75, 3.05) is 18.0 Å². The summed E-state index contributed by atoms with van der Waals surface area (Å²) in [5.41, 5.74) is 3.16. The molecular formula is C11H16N2O. The van der Waals surface area contributed by atoms with Gasteiger partial charge < -0.3 is 9.47 Å². The highest BCUT2D eigenvalue weighted by atomic mass is 16.1. The average Bonchev–Trinajstić information content (AvgIpc) is 2.08. The van der Waals surface area contributed by atoms with Gasteiger partial charge in [0.05, 0.1) is 0 Å². The molecule has 0 unspecified atom stereocenters. The second-order valence-electron chi connectivity index (χ2n) is 4.00. The highest BCUT2D eigenvalue weighted by Crippen LogP contribution is 2.23. The molecule has 0 amide bonds. The van der Waals surface area contributed by atoms with E-state index in [2.05, 4.69) is 11.0 Å². The third-order valence-corrected chi connectivity index (χ3v) is 3.08. The Morgan fingerprint density at radius 3 is 2.43 bits per heavy atom. The zero-order chi connectivity index (χ0) is 10.3. The monoisotopic (exact) mass is 192 g/mol. The van der Waals surface area contributed by atoms with Crippen LogP contribution >= 0.6 is 0 Å². The SMILES string of the molecule is Cc1c(N2CCC2)cc(C)n(C)c1=O. The number of pyridine rings is 1. The molecule has 76 valence electrons. The molecule has 1 aromatic rings. The van der Waals surface area contributed by atoms with Crippen molar-refractivity contribution in [1.82, 2.24) is 4.57 Å². The summed E-state index contributed by atoms with van der Waals surface area (Å²) in [6.45, 7) is 6.07. The van der Waals surface area contributed by atoms with Crippen LogP contribution in [-0.2, 0) is 7.05 Å². The van der Waals surface area contributed by atoms with Gasteiger partial charge in [-0.25, -0.2) is 0 Å². The van der Waals surface area contributed by atoms with Gasteiger partial charge in [0.15, 0.2) is 0 Å². The van der Waals surface area contributed by atoms with Crippen molar-refractivity contribution >= 4 is 5.69 Å². The quantitative estimate of drug-likeness (QED) is 0.668. The van der Waals surface area contributed by atoms with Crippen LogP contribution in [0.5, 0.6) is 0 Å². The second kappa shape index (κ2) is 3.15. The Kier molecular flexibility index (Phi) is 2.10. The van der Waals surface area contributed by atoms with Gasteiger partial charge >= 0.3 is 0 Å². The highest BCUT2D eigenvalue weighted by Gasteiger charge is 2.18. The molecule has 0 spiro atoms. The fourth-order valence-corrected chi connectivity index (χ4v) is 1.81. The van der Waals surface area contributed by atoms with E-state index >= 15 is 0 Å². The van der Waals surface area contributed by atoms with Crippen molar-refractivity contribution in [3.63, 3.8) is 0 Å². The van der Waals surface area contributed by atoms with Gasteiger partial charge in [0.2, 0.25) is 0 Å². The van der Waals surface area contributed by atoms with E-state index in [0.29, 0.717) is 0 Å². The Bertz CT molecular complexity index is 416. The molecule has 0 aromatic carbocycles. The summed E-state index contributed by atoms with van der Waals surface area (Å²) in [5.74, 6) is 0. The molecule has 2 rings (SSSR count). The predicted molar refractivity (Wildman–Crippen MR) is 58.0 cm³/mol. The van der Waals surface area contributed by atoms with E-state index in [9.17, 15) is 4.79 Å². The van der Waals surface area contributed by atoms with Gasteiger partial charge in [-0.3, -0.25) is 4.79 Å². The number of hydrogen-bond donors (Lipinski definition) is 0. The standard InChI is InChI=1S/C11H16N2O/c1-8-7-10(13-5-4-6-13)9(2)11(14)12(8)3/h7H,4-6H2,1-3H3. The Hall–Kier alpha value is -1.25. The lowest BCUT2D eigenvalue weighted by Gasteiger charge is -2.34. The first-order valence-electron chi connectivity index (χ1n) is 5.03. The zero-order valence-electron chi connectivity index (χ0n) is 9.00. The van der Waals surface area contributed by atoms with Gasteiger partial charge in [0.1, 0.15) is 0 Å². The van der Waals surface area contributed by atoms with Crippen LogP contribution in [0.3, 0.4) is 0 Å². The molecule has 1 aliphatic heterocycles. The molecule has 0 N–H and O–H groups in total. The van der Waals surface area contributed by atoms with Gasteiger partial charge in [-0.2, -0.15) is 0 Å². The van der Waals surface area contributed by atoms with Crippen LogP contribution in [0.25, 0.3) is 0 Å². The first-order chi connectivity index (χ1) is 6.61. The van der Waals surface area contributed by atoms with Crippen molar-refractivity contribution in [1.29, 1.82) is 0 Å². The molecule has 1 aromatic heterocycles. The number of anilines is 1. The fourth-order valence-electron chi connectivity index (χ4n) is 1.81. The van der Waals surface area contributed by atoms with E-state index in [-0.39, 0.29) is 5.56 Å². The molecule has 0 bridgehead atoms. The van der Waals surface area contributed by atoms with Crippen LogP contribution in [0.2, 0.25) is 0 Å². The summed E-state index contributed by atoms with van der Waals surface area (Å²) in [4.78, 5) is 14.1. The number of aromatic nitrogens is 1. The Labute approximate surface area is 84.0 Å². The molecule has 14 heavy (non-hydrogen) atoms. The Balaban J connectivity index is 2.55. The van der Waals surface area contributed by atoms with Gasteiger partial charge in [-0.15, -0.1) is 0 Å². The minimum Gasteiger partial charge on any atom is -0.371 e. The van der Waals surface area contributed by atoms with Crippen LogP contribution in [0.15, 0.2) is 10.9 Å². The van der Waals surface area contributed by atoms with Gasteiger partial charge in [-0.05, 0) is 26.3 Å². The predicted octanol–water partition coefficient (Wildman–Crippen LogP) is 1.21. The average molecular weight is 192 g/mol. The summed E-state index contributed by atoms with van der Waals surface area (Å²) in [7, 11) is 1.82. The van der Waals surface area contributed by atoms with Crippen LogP contribution in [-0.4, -0.2) is 17.7 Å². The lowest BCUT2D eigenvalue weighted by molar-refractivity contribution is 0.613. The number of aryl methyl sites for hydroxylation is 1. The zero-order valence-corrected chi connectivity index (χ0v) is 9.00. The number of hydrogen-bond acceptors (Lipinski definition) is 2. The lowest BCUT2D eigenvalue weighted by atomic mass is 10.1. The summed E-state index contributed by atoms with van der Waals surface area (Å²) >= 11 is 0. The van der Waals surface area contributed by atoms with E-state index in [4.69, 9.17) is 0 Å². The second-order valence-corrected chi connectivity index (χ2v) is 4.00. The fraction of sp³-hybridized carbons (Fsp3) is 0.545. The Morgan fingerprint density at radius 2 is 1.93 bits per heavy atom. The van der Waals surface area contributed by atoms with Gasteiger partial charge in [0.25, 0.3) is 5.56 Å². The maximum absolute atomic E-state index is 11.8. The molecule has 0 aliphatic carbocycles. The summed E-state index contributed by atoms with van der Waals surface area (Å²) in [6.07, 6.45) is 1.24. The minimum absolute atomic E-state index is 0.131. The number of nitrogens with zero attached hydrogens (tertiary/aromatic N) is 2. The molecule has 0 atom stereocenters. The lowest BCUT2D eigenvalue weighted by Crippen LogP contribution is -2.39. The van der Waals surface area contributed by atoms with Gasteiger partial charge in [-0.1, -0.05) is 0 Å². The van der Waals surface area contributed by atoms with Crippen molar-refractivity contribution in [2.45, 2.75) is 20.3 Å². The maximum atomic E-state index is 11.8. The Morgan fingerprint density at radius 1 is 1.29 bits per heavy atom. The normalized spacial score (nSPS) is 15.5. The first-order valence-corrected chi connectivity index (χ1v) is 5.03. The summed E-state index contributed by atoms with van der Waals surface area (Å²) in [6, 6.07) is 2.11. The van der Waals surface area contributed by atoms with Crippen molar-refractivity contribution in [3.05, 3.63) is 27.7 Å². The van der Waals surface area contributed by atoms with E-state index in [1.54, 1.807) is 4.57 Å². The van der Waals surface area contributed by atoms with Crippen LogP contribution < -0.4 is 10.5 Å². The van der Waals surface area contributed by atoms with E-state index in [1.165, 1.54) is 6.42 Å². The molecule has 1 aliphatic rings. The van der Waals surface area contributed by atoms with E-state index in [0.717, 1.165) is 30.0 Å². The van der Waals surface area contributed by atoms with Crippen LogP contribution in [0.1, 0.15) is 17.7 Å².